The normalized spacial score (nSPS) is 31.4. The summed E-state index contributed by atoms with van der Waals surface area (Å²) in [6.45, 7) is 4.00. The lowest BCUT2D eigenvalue weighted by Crippen LogP contribution is -2.53. The van der Waals surface area contributed by atoms with Gasteiger partial charge in [-0.1, -0.05) is 6.58 Å². The van der Waals surface area contributed by atoms with Crippen LogP contribution in [0.5, 0.6) is 0 Å². The molecule has 5 nitrogen and oxygen atoms in total. The van der Waals surface area contributed by atoms with E-state index in [-0.39, 0.29) is 13.2 Å². The minimum atomic E-state index is -4.49. The van der Waals surface area contributed by atoms with Gasteiger partial charge in [-0.3, -0.25) is 0 Å². The van der Waals surface area contributed by atoms with Gasteiger partial charge < -0.3 is 14.6 Å². The summed E-state index contributed by atoms with van der Waals surface area (Å²) >= 11 is 0. The second kappa shape index (κ2) is 3.14. The molecule has 70 valence electrons. The second-order valence-electron chi connectivity index (χ2n) is 2.50. The van der Waals surface area contributed by atoms with Gasteiger partial charge in [0.25, 0.3) is 0 Å². The topological polar surface area (TPSA) is 78.5 Å². The number of rotatable bonds is 2. The monoisotopic (exact) mass is 192 g/mol. The van der Waals surface area contributed by atoms with Gasteiger partial charge in [0.15, 0.2) is 4.93 Å². The van der Waals surface area contributed by atoms with Crippen LogP contribution in [-0.2, 0) is 14.9 Å². The van der Waals surface area contributed by atoms with Gasteiger partial charge in [-0.15, -0.1) is 0 Å². The smallest absolute Gasteiger partial charge is 0.187 e. The molecule has 0 aromatic heterocycles. The number of ether oxygens (including phenoxy) is 1. The molecule has 0 saturated carbocycles. The molecule has 6 heteroatoms. The summed E-state index contributed by atoms with van der Waals surface area (Å²) in [7, 11) is -4.49. The maximum absolute atomic E-state index is 10.7. The van der Waals surface area contributed by atoms with Gasteiger partial charge in [-0.2, -0.15) is 0 Å². The quantitative estimate of drug-likeness (QED) is 0.450. The second-order valence-corrected chi connectivity index (χ2v) is 4.09. The molecule has 1 saturated heterocycles. The SMILES string of the molecule is C=CC1(S(=O)(=O)[O-])CNCCO1. The molecule has 12 heavy (non-hydrogen) atoms. The first kappa shape index (κ1) is 9.66. The highest BCUT2D eigenvalue weighted by Gasteiger charge is 2.36. The third-order valence-electron chi connectivity index (χ3n) is 1.73. The Morgan fingerprint density at radius 1 is 1.67 bits per heavy atom. The number of morpholine rings is 1. The molecule has 1 N–H and O–H groups in total. The van der Waals surface area contributed by atoms with E-state index < -0.39 is 15.1 Å². The van der Waals surface area contributed by atoms with Crippen LogP contribution < -0.4 is 5.32 Å². The minimum absolute atomic E-state index is 0.0255. The van der Waals surface area contributed by atoms with Crippen LogP contribution in [0.25, 0.3) is 0 Å². The Balaban J connectivity index is 2.96. The molecule has 0 aromatic rings. The maximum atomic E-state index is 10.7. The lowest BCUT2D eigenvalue weighted by molar-refractivity contribution is 0.0210. The average molecular weight is 192 g/mol. The van der Waals surface area contributed by atoms with Crippen molar-refractivity contribution in [2.24, 2.45) is 0 Å². The molecule has 1 atom stereocenters. The Hall–Kier alpha value is -0.430. The van der Waals surface area contributed by atoms with Crippen molar-refractivity contribution in [2.75, 3.05) is 19.7 Å². The van der Waals surface area contributed by atoms with E-state index in [1.54, 1.807) is 0 Å². The zero-order valence-corrected chi connectivity index (χ0v) is 7.26. The van der Waals surface area contributed by atoms with E-state index in [2.05, 4.69) is 11.9 Å². The summed E-state index contributed by atoms with van der Waals surface area (Å²) in [5.74, 6) is 0. The third kappa shape index (κ3) is 1.51. The van der Waals surface area contributed by atoms with Crippen LogP contribution in [0, 0.1) is 0 Å². The molecule has 1 aliphatic rings. The maximum Gasteiger partial charge on any atom is 0.187 e. The summed E-state index contributed by atoms with van der Waals surface area (Å²) in [4.78, 5) is -1.77. The highest BCUT2D eigenvalue weighted by molar-refractivity contribution is 7.87. The summed E-state index contributed by atoms with van der Waals surface area (Å²) in [6.07, 6.45) is 1.03. The van der Waals surface area contributed by atoms with E-state index in [1.807, 2.05) is 0 Å². The van der Waals surface area contributed by atoms with Crippen LogP contribution in [0.15, 0.2) is 12.7 Å². The van der Waals surface area contributed by atoms with Crippen molar-refractivity contribution in [3.8, 4) is 0 Å². The van der Waals surface area contributed by atoms with Crippen LogP contribution >= 0.6 is 0 Å². The minimum Gasteiger partial charge on any atom is -0.745 e. The van der Waals surface area contributed by atoms with E-state index in [0.717, 1.165) is 6.08 Å². The molecule has 1 rings (SSSR count). The molecule has 1 heterocycles. The molecule has 0 radical (unpaired) electrons. The fourth-order valence-corrected chi connectivity index (χ4v) is 1.71. The summed E-state index contributed by atoms with van der Waals surface area (Å²) in [5, 5.41) is 2.76. The van der Waals surface area contributed by atoms with Crippen molar-refractivity contribution in [3.05, 3.63) is 12.7 Å². The van der Waals surface area contributed by atoms with Gasteiger partial charge in [0, 0.05) is 13.1 Å². The molecule has 0 aliphatic carbocycles. The Kier molecular flexibility index (Phi) is 2.52. The molecule has 1 unspecified atom stereocenters. The number of nitrogens with one attached hydrogen (secondary N) is 1. The molecular formula is C6H10NO4S-. The molecule has 0 bridgehead atoms. The fraction of sp³-hybridized carbons (Fsp3) is 0.667. The first-order chi connectivity index (χ1) is 5.52. The molecule has 1 fully saturated rings. The third-order valence-corrected chi connectivity index (χ3v) is 3.01. The highest BCUT2D eigenvalue weighted by Crippen LogP contribution is 2.20. The van der Waals surface area contributed by atoms with Gasteiger partial charge in [-0.25, -0.2) is 8.42 Å². The van der Waals surface area contributed by atoms with Crippen molar-refractivity contribution in [3.63, 3.8) is 0 Å². The molecule has 0 spiro atoms. The van der Waals surface area contributed by atoms with E-state index in [4.69, 9.17) is 4.74 Å². The van der Waals surface area contributed by atoms with Gasteiger partial charge in [0.1, 0.15) is 10.1 Å². The summed E-state index contributed by atoms with van der Waals surface area (Å²) < 4.78 is 37.1. The standard InChI is InChI=1S/C6H11NO4S/c1-2-6(12(8,9)10)5-7-3-4-11-6/h2,7H,1,3-5H2,(H,8,9,10)/p-1. The Morgan fingerprint density at radius 3 is 2.58 bits per heavy atom. The van der Waals surface area contributed by atoms with Gasteiger partial charge >= 0.3 is 0 Å². The zero-order valence-electron chi connectivity index (χ0n) is 6.45. The lowest BCUT2D eigenvalue weighted by Gasteiger charge is -2.36. The van der Waals surface area contributed by atoms with Crippen molar-refractivity contribution in [1.82, 2.24) is 5.32 Å². The van der Waals surface area contributed by atoms with Crippen LogP contribution in [0.2, 0.25) is 0 Å². The molecule has 0 aromatic carbocycles. The van der Waals surface area contributed by atoms with Gasteiger partial charge in [-0.05, 0) is 6.08 Å². The lowest BCUT2D eigenvalue weighted by atomic mass is 10.3. The van der Waals surface area contributed by atoms with E-state index >= 15 is 0 Å². The number of hydrogen-bond donors (Lipinski definition) is 1. The van der Waals surface area contributed by atoms with Crippen molar-refractivity contribution >= 4 is 10.1 Å². The largest absolute Gasteiger partial charge is 0.745 e. The number of hydrogen-bond acceptors (Lipinski definition) is 5. The van der Waals surface area contributed by atoms with Gasteiger partial charge in [0.05, 0.1) is 6.61 Å². The van der Waals surface area contributed by atoms with Crippen LogP contribution in [0.4, 0.5) is 0 Å². The predicted molar refractivity (Wildman–Crippen MR) is 41.4 cm³/mol. The predicted octanol–water partition coefficient (Wildman–Crippen LogP) is -0.966. The first-order valence-corrected chi connectivity index (χ1v) is 4.86. The van der Waals surface area contributed by atoms with Crippen molar-refractivity contribution < 1.29 is 17.7 Å². The fourth-order valence-electron chi connectivity index (χ4n) is 1.00. The first-order valence-electron chi connectivity index (χ1n) is 3.45. The van der Waals surface area contributed by atoms with Crippen molar-refractivity contribution in [1.29, 1.82) is 0 Å². The summed E-state index contributed by atoms with van der Waals surface area (Å²) in [6, 6.07) is 0. The van der Waals surface area contributed by atoms with E-state index in [0.29, 0.717) is 6.54 Å². The van der Waals surface area contributed by atoms with E-state index in [9.17, 15) is 13.0 Å². The Morgan fingerprint density at radius 2 is 2.33 bits per heavy atom. The molecule has 0 amide bonds. The van der Waals surface area contributed by atoms with Crippen LogP contribution in [0.3, 0.4) is 0 Å². The Bertz CT molecular complexity index is 265. The van der Waals surface area contributed by atoms with Gasteiger partial charge in [0.2, 0.25) is 0 Å². The molecular weight excluding hydrogens is 182 g/mol. The molecule has 1 aliphatic heterocycles. The van der Waals surface area contributed by atoms with Crippen molar-refractivity contribution in [2.45, 2.75) is 4.93 Å². The Labute approximate surface area is 71.2 Å². The van der Waals surface area contributed by atoms with Crippen LogP contribution in [-0.4, -0.2) is 37.6 Å². The zero-order chi connectivity index (χ0) is 9.24. The van der Waals surface area contributed by atoms with E-state index in [1.165, 1.54) is 0 Å². The average Bonchev–Trinajstić information content (AvgIpc) is 2.04. The van der Waals surface area contributed by atoms with Crippen LogP contribution in [0.1, 0.15) is 0 Å². The summed E-state index contributed by atoms with van der Waals surface area (Å²) in [5.41, 5.74) is 0. The highest BCUT2D eigenvalue weighted by atomic mass is 32.2.